The van der Waals surface area contributed by atoms with E-state index in [1.165, 1.54) is 0 Å². The Morgan fingerprint density at radius 3 is 2.68 bits per heavy atom. The highest BCUT2D eigenvalue weighted by molar-refractivity contribution is 6.31. The number of hydrogen-bond donors (Lipinski definition) is 1. The number of rotatable bonds is 3. The Labute approximate surface area is 125 Å². The van der Waals surface area contributed by atoms with Crippen molar-refractivity contribution in [3.8, 4) is 0 Å². The van der Waals surface area contributed by atoms with Gasteiger partial charge in [-0.2, -0.15) is 0 Å². The Kier molecular flexibility index (Phi) is 6.11. The predicted molar refractivity (Wildman–Crippen MR) is 80.5 cm³/mol. The summed E-state index contributed by atoms with van der Waals surface area (Å²) >= 11 is 6.10. The van der Waals surface area contributed by atoms with Gasteiger partial charge in [0.25, 0.3) is 0 Å². The number of halogens is 2. The SMILES string of the molecule is CN(Cc1ccccc1Cl)C(=O)C1CCC(N)C1.Cl. The molecule has 0 bridgehead atoms. The van der Waals surface area contributed by atoms with Gasteiger partial charge in [0, 0.05) is 30.6 Å². The first-order valence-corrected chi connectivity index (χ1v) is 6.69. The molecule has 0 spiro atoms. The zero-order chi connectivity index (χ0) is 13.1. The van der Waals surface area contributed by atoms with Crippen LogP contribution in [0.2, 0.25) is 5.02 Å². The van der Waals surface area contributed by atoms with Gasteiger partial charge in [0.15, 0.2) is 0 Å². The van der Waals surface area contributed by atoms with E-state index in [1.807, 2.05) is 31.3 Å². The van der Waals surface area contributed by atoms with Crippen molar-refractivity contribution in [3.05, 3.63) is 34.9 Å². The minimum atomic E-state index is 0. The topological polar surface area (TPSA) is 46.3 Å². The van der Waals surface area contributed by atoms with Crippen molar-refractivity contribution >= 4 is 29.9 Å². The van der Waals surface area contributed by atoms with Crippen molar-refractivity contribution in [2.45, 2.75) is 31.8 Å². The zero-order valence-electron chi connectivity index (χ0n) is 11.0. The molecule has 19 heavy (non-hydrogen) atoms. The van der Waals surface area contributed by atoms with Crippen LogP contribution >= 0.6 is 24.0 Å². The van der Waals surface area contributed by atoms with Crippen LogP contribution in [0.25, 0.3) is 0 Å². The molecular weight excluding hydrogens is 283 g/mol. The number of nitrogens with zero attached hydrogens (tertiary/aromatic N) is 1. The van der Waals surface area contributed by atoms with Crippen LogP contribution in [0.1, 0.15) is 24.8 Å². The van der Waals surface area contributed by atoms with Crippen molar-refractivity contribution in [1.82, 2.24) is 4.90 Å². The van der Waals surface area contributed by atoms with Gasteiger partial charge >= 0.3 is 0 Å². The molecule has 1 saturated carbocycles. The Morgan fingerprint density at radius 1 is 1.42 bits per heavy atom. The van der Waals surface area contributed by atoms with Gasteiger partial charge in [-0.25, -0.2) is 0 Å². The second-order valence-corrected chi connectivity index (χ2v) is 5.46. The maximum absolute atomic E-state index is 12.2. The first kappa shape index (κ1) is 16.3. The van der Waals surface area contributed by atoms with E-state index in [-0.39, 0.29) is 30.3 Å². The summed E-state index contributed by atoms with van der Waals surface area (Å²) in [7, 11) is 1.83. The molecule has 106 valence electrons. The van der Waals surface area contributed by atoms with Gasteiger partial charge in [0.05, 0.1) is 0 Å². The van der Waals surface area contributed by atoms with E-state index in [1.54, 1.807) is 4.90 Å². The number of nitrogens with two attached hydrogens (primary N) is 1. The fraction of sp³-hybridized carbons (Fsp3) is 0.500. The van der Waals surface area contributed by atoms with Gasteiger partial charge in [0.1, 0.15) is 0 Å². The molecule has 2 atom stereocenters. The van der Waals surface area contributed by atoms with Crippen molar-refractivity contribution in [2.24, 2.45) is 11.7 Å². The molecule has 1 aromatic rings. The van der Waals surface area contributed by atoms with Gasteiger partial charge in [-0.3, -0.25) is 4.79 Å². The van der Waals surface area contributed by atoms with Crippen LogP contribution in [-0.4, -0.2) is 23.9 Å². The molecule has 1 amide bonds. The molecule has 0 heterocycles. The van der Waals surface area contributed by atoms with Crippen molar-refractivity contribution < 1.29 is 4.79 Å². The summed E-state index contributed by atoms with van der Waals surface area (Å²) in [5.41, 5.74) is 6.83. The second kappa shape index (κ2) is 7.13. The molecule has 0 aromatic heterocycles. The summed E-state index contributed by atoms with van der Waals surface area (Å²) in [6.45, 7) is 0.560. The third-order valence-corrected chi connectivity index (χ3v) is 3.93. The van der Waals surface area contributed by atoms with Crippen LogP contribution in [0.3, 0.4) is 0 Å². The van der Waals surface area contributed by atoms with Crippen molar-refractivity contribution in [2.75, 3.05) is 7.05 Å². The van der Waals surface area contributed by atoms with Crippen molar-refractivity contribution in [3.63, 3.8) is 0 Å². The molecule has 3 nitrogen and oxygen atoms in total. The third kappa shape index (κ3) is 4.10. The molecule has 0 saturated heterocycles. The molecule has 2 rings (SSSR count). The molecular formula is C14H20Cl2N2O. The van der Waals surface area contributed by atoms with E-state index in [0.717, 1.165) is 24.8 Å². The third-order valence-electron chi connectivity index (χ3n) is 3.56. The first-order valence-electron chi connectivity index (χ1n) is 6.32. The van der Waals surface area contributed by atoms with Gasteiger partial charge < -0.3 is 10.6 Å². The van der Waals surface area contributed by atoms with Crippen molar-refractivity contribution in [1.29, 1.82) is 0 Å². The fourth-order valence-electron chi connectivity index (χ4n) is 2.51. The smallest absolute Gasteiger partial charge is 0.225 e. The van der Waals surface area contributed by atoms with E-state index in [0.29, 0.717) is 11.6 Å². The summed E-state index contributed by atoms with van der Waals surface area (Å²) in [6.07, 6.45) is 2.68. The van der Waals surface area contributed by atoms with Crippen LogP contribution in [0.4, 0.5) is 0 Å². The minimum Gasteiger partial charge on any atom is -0.341 e. The monoisotopic (exact) mass is 302 g/mol. The van der Waals surface area contributed by atoms with Gasteiger partial charge in [-0.15, -0.1) is 12.4 Å². The van der Waals surface area contributed by atoms with E-state index in [4.69, 9.17) is 17.3 Å². The Balaban J connectivity index is 0.00000180. The summed E-state index contributed by atoms with van der Waals surface area (Å²) in [5, 5.41) is 0.709. The lowest BCUT2D eigenvalue weighted by atomic mass is 10.1. The number of amides is 1. The molecule has 2 N–H and O–H groups in total. The van der Waals surface area contributed by atoms with Crippen LogP contribution in [-0.2, 0) is 11.3 Å². The van der Waals surface area contributed by atoms with E-state index < -0.39 is 0 Å². The second-order valence-electron chi connectivity index (χ2n) is 5.06. The molecule has 5 heteroatoms. The first-order chi connectivity index (χ1) is 8.58. The average molecular weight is 303 g/mol. The Morgan fingerprint density at radius 2 is 2.11 bits per heavy atom. The van der Waals surface area contributed by atoms with Gasteiger partial charge in [0.2, 0.25) is 5.91 Å². The number of hydrogen-bond acceptors (Lipinski definition) is 2. The number of carbonyl (C=O) groups is 1. The Hall–Kier alpha value is -0.770. The summed E-state index contributed by atoms with van der Waals surface area (Å²) < 4.78 is 0. The molecule has 1 aliphatic carbocycles. The average Bonchev–Trinajstić information content (AvgIpc) is 2.78. The zero-order valence-corrected chi connectivity index (χ0v) is 12.6. The van der Waals surface area contributed by atoms with E-state index in [2.05, 4.69) is 0 Å². The van der Waals surface area contributed by atoms with E-state index in [9.17, 15) is 4.79 Å². The molecule has 1 aliphatic rings. The van der Waals surface area contributed by atoms with Crippen LogP contribution in [0.5, 0.6) is 0 Å². The number of benzene rings is 1. The highest BCUT2D eigenvalue weighted by Crippen LogP contribution is 2.26. The predicted octanol–water partition coefficient (Wildman–Crippen LogP) is 2.85. The molecule has 2 unspecified atom stereocenters. The maximum Gasteiger partial charge on any atom is 0.225 e. The largest absolute Gasteiger partial charge is 0.341 e. The minimum absolute atomic E-state index is 0. The molecule has 0 radical (unpaired) electrons. The lowest BCUT2D eigenvalue weighted by molar-refractivity contribution is -0.134. The standard InChI is InChI=1S/C14H19ClN2O.ClH/c1-17(9-11-4-2-3-5-13(11)15)14(18)10-6-7-12(16)8-10;/h2-5,10,12H,6-9,16H2,1H3;1H. The van der Waals surface area contributed by atoms with E-state index >= 15 is 0 Å². The molecule has 0 aliphatic heterocycles. The molecule has 1 fully saturated rings. The lowest BCUT2D eigenvalue weighted by Crippen LogP contribution is -2.32. The normalized spacial score (nSPS) is 21.8. The summed E-state index contributed by atoms with van der Waals surface area (Å²) in [5.74, 6) is 0.273. The number of carbonyl (C=O) groups excluding carboxylic acids is 1. The van der Waals surface area contributed by atoms with Gasteiger partial charge in [-0.1, -0.05) is 29.8 Å². The Bertz CT molecular complexity index is 439. The van der Waals surface area contributed by atoms with Crippen LogP contribution < -0.4 is 5.73 Å². The van der Waals surface area contributed by atoms with Crippen LogP contribution in [0.15, 0.2) is 24.3 Å². The van der Waals surface area contributed by atoms with Gasteiger partial charge in [-0.05, 0) is 30.9 Å². The molecule has 1 aromatic carbocycles. The summed E-state index contributed by atoms with van der Waals surface area (Å²) in [6, 6.07) is 7.81. The highest BCUT2D eigenvalue weighted by atomic mass is 35.5. The fourth-order valence-corrected chi connectivity index (χ4v) is 2.71. The summed E-state index contributed by atoms with van der Waals surface area (Å²) in [4.78, 5) is 14.0. The maximum atomic E-state index is 12.2. The highest BCUT2D eigenvalue weighted by Gasteiger charge is 2.29. The quantitative estimate of drug-likeness (QED) is 0.933. The van der Waals surface area contributed by atoms with Crippen LogP contribution in [0, 0.1) is 5.92 Å². The lowest BCUT2D eigenvalue weighted by Gasteiger charge is -2.21.